The van der Waals surface area contributed by atoms with Gasteiger partial charge in [0.25, 0.3) is 0 Å². The Morgan fingerprint density at radius 3 is 2.48 bits per heavy atom. The normalized spacial score (nSPS) is 15.2. The van der Waals surface area contributed by atoms with Gasteiger partial charge in [0.15, 0.2) is 0 Å². The second-order valence-electron chi connectivity index (χ2n) is 6.03. The lowest BCUT2D eigenvalue weighted by Crippen LogP contribution is -2.30. The van der Waals surface area contributed by atoms with E-state index < -0.39 is 11.7 Å². The Bertz CT molecular complexity index is 780. The molecule has 25 heavy (non-hydrogen) atoms. The first-order valence-corrected chi connectivity index (χ1v) is 8.11. The molecule has 1 aliphatic rings. The lowest BCUT2D eigenvalue weighted by atomic mass is 10.00. The highest BCUT2D eigenvalue weighted by Crippen LogP contribution is 2.37. The van der Waals surface area contributed by atoms with Gasteiger partial charge < -0.3 is 10.6 Å². The van der Waals surface area contributed by atoms with E-state index in [2.05, 4.69) is 16.5 Å². The van der Waals surface area contributed by atoms with Gasteiger partial charge in [0, 0.05) is 30.4 Å². The third-order valence-corrected chi connectivity index (χ3v) is 4.32. The maximum atomic E-state index is 13.5. The minimum atomic E-state index is -4.53. The van der Waals surface area contributed by atoms with Crippen LogP contribution in [0.2, 0.25) is 0 Å². The zero-order valence-corrected chi connectivity index (χ0v) is 13.7. The molecule has 0 spiro atoms. The summed E-state index contributed by atoms with van der Waals surface area (Å²) < 4.78 is 40.4. The van der Waals surface area contributed by atoms with Gasteiger partial charge in [0.2, 0.25) is 0 Å². The topological polar surface area (TPSA) is 55.0 Å². The summed E-state index contributed by atoms with van der Waals surface area (Å²) in [7, 11) is 0. The molecule has 0 radical (unpaired) electrons. The van der Waals surface area contributed by atoms with Crippen LogP contribution in [0.3, 0.4) is 0 Å². The molecule has 7 heteroatoms. The Balaban J connectivity index is 2.08. The molecule has 0 bridgehead atoms. The molecular weight excluding hydrogens is 329 g/mol. The van der Waals surface area contributed by atoms with Gasteiger partial charge in [0.1, 0.15) is 11.6 Å². The van der Waals surface area contributed by atoms with Crippen LogP contribution in [0.5, 0.6) is 0 Å². The second kappa shape index (κ2) is 6.74. The van der Waals surface area contributed by atoms with E-state index in [0.717, 1.165) is 38.4 Å². The summed E-state index contributed by atoms with van der Waals surface area (Å²) in [6.07, 6.45) is 0.100. The van der Waals surface area contributed by atoms with Crippen molar-refractivity contribution < 1.29 is 13.2 Å². The first-order chi connectivity index (χ1) is 11.9. The van der Waals surface area contributed by atoms with Crippen LogP contribution in [0, 0.1) is 0 Å². The van der Waals surface area contributed by atoms with Gasteiger partial charge in [-0.2, -0.15) is 13.2 Å². The molecule has 0 saturated carbocycles. The van der Waals surface area contributed by atoms with Crippen LogP contribution in [0.4, 0.5) is 24.8 Å². The second-order valence-corrected chi connectivity index (χ2v) is 6.03. The zero-order valence-electron chi connectivity index (χ0n) is 13.7. The van der Waals surface area contributed by atoms with Crippen LogP contribution in [0.15, 0.2) is 37.0 Å². The third-order valence-electron chi connectivity index (χ3n) is 4.32. The average Bonchev–Trinajstić information content (AvgIpc) is 2.61. The van der Waals surface area contributed by atoms with Gasteiger partial charge in [-0.05, 0) is 43.5 Å². The maximum absolute atomic E-state index is 13.5. The largest absolute Gasteiger partial charge is 0.418 e. The Morgan fingerprint density at radius 1 is 1.12 bits per heavy atom. The summed E-state index contributed by atoms with van der Waals surface area (Å²) in [5.74, 6) is 0.664. The number of aromatic nitrogens is 2. The lowest BCUT2D eigenvalue weighted by molar-refractivity contribution is -0.138. The molecule has 4 nitrogen and oxygen atoms in total. The van der Waals surface area contributed by atoms with E-state index in [1.54, 1.807) is 12.1 Å². The van der Waals surface area contributed by atoms with Crippen molar-refractivity contribution in [2.75, 3.05) is 23.7 Å². The SMILES string of the molecule is C=C(c1cccnc1N)c1nc(N2CCCCC2)ccc1C(F)(F)F. The standard InChI is InChI=1S/C18H19F3N4/c1-12(13-6-5-9-23-17(13)22)16-14(18(19,20)21)7-8-15(24-16)25-10-3-2-4-11-25/h5-9H,1-4,10-11H2,(H2,22,23). The van der Waals surface area contributed by atoms with Crippen LogP contribution in [-0.2, 0) is 6.18 Å². The molecule has 0 aliphatic carbocycles. The summed E-state index contributed by atoms with van der Waals surface area (Å²) in [5.41, 5.74) is 5.27. The van der Waals surface area contributed by atoms with Gasteiger partial charge in [-0.3, -0.25) is 0 Å². The van der Waals surface area contributed by atoms with Crippen molar-refractivity contribution in [1.29, 1.82) is 0 Å². The number of hydrogen-bond donors (Lipinski definition) is 1. The number of piperidine rings is 1. The number of nitrogen functional groups attached to an aromatic ring is 1. The van der Waals surface area contributed by atoms with Gasteiger partial charge in [0.05, 0.1) is 11.3 Å². The number of alkyl halides is 3. The molecule has 0 atom stereocenters. The minimum absolute atomic E-state index is 0.122. The van der Waals surface area contributed by atoms with Gasteiger partial charge in [-0.25, -0.2) is 9.97 Å². The van der Waals surface area contributed by atoms with E-state index in [1.165, 1.54) is 12.3 Å². The summed E-state index contributed by atoms with van der Waals surface area (Å²) >= 11 is 0. The van der Waals surface area contributed by atoms with Crippen LogP contribution in [-0.4, -0.2) is 23.1 Å². The van der Waals surface area contributed by atoms with E-state index in [4.69, 9.17) is 5.73 Å². The molecule has 1 aliphatic heterocycles. The van der Waals surface area contributed by atoms with Crippen LogP contribution in [0.25, 0.3) is 5.57 Å². The van der Waals surface area contributed by atoms with E-state index in [-0.39, 0.29) is 17.1 Å². The molecule has 2 aromatic rings. The molecule has 0 amide bonds. The molecule has 3 rings (SSSR count). The van der Waals surface area contributed by atoms with Crippen LogP contribution >= 0.6 is 0 Å². The van der Waals surface area contributed by atoms with Crippen molar-refractivity contribution in [3.05, 3.63) is 53.9 Å². The summed E-state index contributed by atoms with van der Waals surface area (Å²) in [6.45, 7) is 5.40. The van der Waals surface area contributed by atoms with Gasteiger partial charge in [-0.15, -0.1) is 0 Å². The quantitative estimate of drug-likeness (QED) is 0.906. The van der Waals surface area contributed by atoms with Crippen LogP contribution in [0.1, 0.15) is 36.1 Å². The molecule has 2 aromatic heterocycles. The molecule has 132 valence electrons. The Morgan fingerprint density at radius 2 is 1.84 bits per heavy atom. The van der Waals surface area contributed by atoms with Crippen molar-refractivity contribution in [3.63, 3.8) is 0 Å². The fraction of sp³-hybridized carbons (Fsp3) is 0.333. The predicted octanol–water partition coefficient (Wildman–Crippen LogP) is 4.13. The minimum Gasteiger partial charge on any atom is -0.383 e. The summed E-state index contributed by atoms with van der Waals surface area (Å²) in [4.78, 5) is 10.2. The van der Waals surface area contributed by atoms with Crippen molar-refractivity contribution in [2.24, 2.45) is 0 Å². The fourth-order valence-electron chi connectivity index (χ4n) is 3.01. The number of nitrogens with zero attached hydrogens (tertiary/aromatic N) is 3. The molecule has 2 N–H and O–H groups in total. The zero-order chi connectivity index (χ0) is 18.0. The lowest BCUT2D eigenvalue weighted by Gasteiger charge is -2.28. The average molecular weight is 348 g/mol. The highest BCUT2D eigenvalue weighted by atomic mass is 19.4. The summed E-state index contributed by atoms with van der Waals surface area (Å²) in [5, 5.41) is 0. The smallest absolute Gasteiger partial charge is 0.383 e. The molecule has 0 unspecified atom stereocenters. The Labute approximate surface area is 144 Å². The number of halogens is 3. The third kappa shape index (κ3) is 3.60. The van der Waals surface area contributed by atoms with Crippen LogP contribution < -0.4 is 10.6 Å². The first kappa shape index (κ1) is 17.3. The number of anilines is 2. The molecular formula is C18H19F3N4. The van der Waals surface area contributed by atoms with Crippen molar-refractivity contribution in [1.82, 2.24) is 9.97 Å². The highest BCUT2D eigenvalue weighted by Gasteiger charge is 2.35. The van der Waals surface area contributed by atoms with Crippen molar-refractivity contribution >= 4 is 17.2 Å². The van der Waals surface area contributed by atoms with E-state index in [0.29, 0.717) is 11.4 Å². The van der Waals surface area contributed by atoms with E-state index >= 15 is 0 Å². The fourth-order valence-corrected chi connectivity index (χ4v) is 3.01. The van der Waals surface area contributed by atoms with Crippen molar-refractivity contribution in [3.8, 4) is 0 Å². The number of hydrogen-bond acceptors (Lipinski definition) is 4. The monoisotopic (exact) mass is 348 g/mol. The Kier molecular flexibility index (Phi) is 4.65. The van der Waals surface area contributed by atoms with Gasteiger partial charge >= 0.3 is 6.18 Å². The number of rotatable bonds is 3. The van der Waals surface area contributed by atoms with E-state index in [9.17, 15) is 13.2 Å². The van der Waals surface area contributed by atoms with Crippen molar-refractivity contribution in [2.45, 2.75) is 25.4 Å². The maximum Gasteiger partial charge on any atom is 0.418 e. The predicted molar refractivity (Wildman–Crippen MR) is 92.1 cm³/mol. The molecule has 0 aromatic carbocycles. The highest BCUT2D eigenvalue weighted by molar-refractivity contribution is 5.83. The number of nitrogens with two attached hydrogens (primary N) is 1. The number of pyridine rings is 2. The first-order valence-electron chi connectivity index (χ1n) is 8.11. The molecule has 1 saturated heterocycles. The molecule has 1 fully saturated rings. The Hall–Kier alpha value is -2.57. The summed E-state index contributed by atoms with van der Waals surface area (Å²) in [6, 6.07) is 5.71. The van der Waals surface area contributed by atoms with Gasteiger partial charge in [-0.1, -0.05) is 6.58 Å². The molecule has 3 heterocycles. The van der Waals surface area contributed by atoms with E-state index in [1.807, 2.05) is 4.90 Å².